The average molecular weight is 396 g/mol. The van der Waals surface area contributed by atoms with Gasteiger partial charge >= 0.3 is 0 Å². The van der Waals surface area contributed by atoms with Crippen LogP contribution in [0.1, 0.15) is 29.0 Å². The van der Waals surface area contributed by atoms with Crippen molar-refractivity contribution in [2.75, 3.05) is 12.9 Å². The predicted octanol–water partition coefficient (Wildman–Crippen LogP) is 4.02. The van der Waals surface area contributed by atoms with Gasteiger partial charge in [0, 0.05) is 35.4 Å². The smallest absolute Gasteiger partial charge is 0.151 e. The van der Waals surface area contributed by atoms with E-state index in [4.69, 9.17) is 11.6 Å². The lowest BCUT2D eigenvalue weighted by Crippen LogP contribution is -2.04. The second-order valence-electron chi connectivity index (χ2n) is 6.42. The number of nitrogens with one attached hydrogen (secondary N) is 1. The molecule has 26 heavy (non-hydrogen) atoms. The SMILES string of the molecule is CS(=O)(=O)Cc1cc(F)cc2c(C(CCO)c3ccc(Cl)cc3)c[nH]c12. The molecule has 4 nitrogen and oxygen atoms in total. The van der Waals surface area contributed by atoms with Crippen molar-refractivity contribution >= 4 is 32.3 Å². The minimum Gasteiger partial charge on any atom is -0.396 e. The largest absolute Gasteiger partial charge is 0.396 e. The molecule has 0 saturated carbocycles. The molecule has 1 aromatic heterocycles. The van der Waals surface area contributed by atoms with Crippen molar-refractivity contribution < 1.29 is 17.9 Å². The summed E-state index contributed by atoms with van der Waals surface area (Å²) in [6, 6.07) is 9.92. The minimum atomic E-state index is -3.30. The van der Waals surface area contributed by atoms with Gasteiger partial charge in [-0.2, -0.15) is 0 Å². The van der Waals surface area contributed by atoms with Crippen molar-refractivity contribution in [1.82, 2.24) is 4.98 Å². The molecular formula is C19H19ClFNO3S. The molecule has 0 radical (unpaired) electrons. The molecule has 3 aromatic rings. The van der Waals surface area contributed by atoms with Gasteiger partial charge in [0.25, 0.3) is 0 Å². The maximum atomic E-state index is 14.2. The molecule has 0 spiro atoms. The number of aromatic amines is 1. The Morgan fingerprint density at radius 2 is 1.92 bits per heavy atom. The summed E-state index contributed by atoms with van der Waals surface area (Å²) in [5.74, 6) is -0.901. The maximum absolute atomic E-state index is 14.2. The summed E-state index contributed by atoms with van der Waals surface area (Å²) in [6.45, 7) is -0.0362. The Kier molecular flexibility index (Phi) is 5.37. The number of fused-ring (bicyclic) bond motifs is 1. The Hall–Kier alpha value is -1.89. The summed E-state index contributed by atoms with van der Waals surface area (Å²) in [7, 11) is -3.30. The average Bonchev–Trinajstić information content (AvgIpc) is 2.96. The van der Waals surface area contributed by atoms with Crippen molar-refractivity contribution in [1.29, 1.82) is 0 Å². The van der Waals surface area contributed by atoms with E-state index in [0.29, 0.717) is 27.9 Å². The Balaban J connectivity index is 2.15. The van der Waals surface area contributed by atoms with Crippen LogP contribution in [0.4, 0.5) is 4.39 Å². The van der Waals surface area contributed by atoms with Crippen LogP contribution in [-0.4, -0.2) is 31.4 Å². The van der Waals surface area contributed by atoms with Gasteiger partial charge in [-0.15, -0.1) is 0 Å². The van der Waals surface area contributed by atoms with Gasteiger partial charge < -0.3 is 10.1 Å². The van der Waals surface area contributed by atoms with E-state index in [9.17, 15) is 17.9 Å². The molecule has 3 rings (SSSR count). The van der Waals surface area contributed by atoms with Crippen LogP contribution in [0.3, 0.4) is 0 Å². The van der Waals surface area contributed by atoms with Crippen LogP contribution in [0.2, 0.25) is 5.02 Å². The molecule has 7 heteroatoms. The molecule has 1 unspecified atom stereocenters. The molecule has 0 fully saturated rings. The van der Waals surface area contributed by atoms with Gasteiger partial charge in [0.1, 0.15) is 5.82 Å². The fourth-order valence-electron chi connectivity index (χ4n) is 3.30. The topological polar surface area (TPSA) is 70.2 Å². The highest BCUT2D eigenvalue weighted by Gasteiger charge is 2.20. The molecule has 0 aliphatic heterocycles. The van der Waals surface area contributed by atoms with Crippen LogP contribution in [-0.2, 0) is 15.6 Å². The standard InChI is InChI=1S/C19H19ClFNO3S/c1-26(24,25)11-13-8-15(21)9-17-18(10-22-19(13)17)16(6-7-23)12-2-4-14(20)5-3-12/h2-5,8-10,16,22-23H,6-7,11H2,1H3. The lowest BCUT2D eigenvalue weighted by molar-refractivity contribution is 0.282. The number of hydrogen-bond donors (Lipinski definition) is 2. The van der Waals surface area contributed by atoms with Gasteiger partial charge in [0.15, 0.2) is 9.84 Å². The van der Waals surface area contributed by atoms with Gasteiger partial charge in [-0.25, -0.2) is 12.8 Å². The van der Waals surface area contributed by atoms with Crippen molar-refractivity contribution in [3.8, 4) is 0 Å². The summed E-state index contributed by atoms with van der Waals surface area (Å²) in [4.78, 5) is 3.09. The first-order valence-electron chi connectivity index (χ1n) is 8.12. The molecule has 2 N–H and O–H groups in total. The third-order valence-corrected chi connectivity index (χ3v) is 5.44. The van der Waals surface area contributed by atoms with E-state index in [-0.39, 0.29) is 18.3 Å². The first-order chi connectivity index (χ1) is 12.3. The zero-order valence-electron chi connectivity index (χ0n) is 14.2. The highest BCUT2D eigenvalue weighted by molar-refractivity contribution is 7.89. The number of H-pyrrole nitrogens is 1. The summed E-state index contributed by atoms with van der Waals surface area (Å²) in [6.07, 6.45) is 3.33. The Labute approximate surface area is 156 Å². The van der Waals surface area contributed by atoms with E-state index in [1.165, 1.54) is 12.1 Å². The predicted molar refractivity (Wildman–Crippen MR) is 102 cm³/mol. The molecule has 1 atom stereocenters. The first kappa shape index (κ1) is 18.9. The highest BCUT2D eigenvalue weighted by Crippen LogP contribution is 2.35. The second-order valence-corrected chi connectivity index (χ2v) is 8.99. The van der Waals surface area contributed by atoms with Crippen molar-refractivity contribution in [2.45, 2.75) is 18.1 Å². The number of aromatic nitrogens is 1. The minimum absolute atomic E-state index is 0.0362. The molecular weight excluding hydrogens is 377 g/mol. The zero-order chi connectivity index (χ0) is 18.9. The van der Waals surface area contributed by atoms with Crippen LogP contribution >= 0.6 is 11.6 Å². The van der Waals surface area contributed by atoms with Crippen LogP contribution in [0, 0.1) is 5.82 Å². The van der Waals surface area contributed by atoms with E-state index >= 15 is 0 Å². The van der Waals surface area contributed by atoms with Gasteiger partial charge in [-0.1, -0.05) is 23.7 Å². The van der Waals surface area contributed by atoms with E-state index in [1.807, 2.05) is 12.1 Å². The van der Waals surface area contributed by atoms with Gasteiger partial charge in [0.05, 0.1) is 11.3 Å². The number of halogens is 2. The van der Waals surface area contributed by atoms with Crippen LogP contribution in [0.5, 0.6) is 0 Å². The van der Waals surface area contributed by atoms with Crippen molar-refractivity contribution in [3.05, 3.63) is 70.1 Å². The maximum Gasteiger partial charge on any atom is 0.151 e. The number of sulfone groups is 1. The Morgan fingerprint density at radius 1 is 1.23 bits per heavy atom. The van der Waals surface area contributed by atoms with Crippen molar-refractivity contribution in [3.63, 3.8) is 0 Å². The number of aliphatic hydroxyl groups is 1. The fraction of sp³-hybridized carbons (Fsp3) is 0.263. The zero-order valence-corrected chi connectivity index (χ0v) is 15.7. The fourth-order valence-corrected chi connectivity index (χ4v) is 4.22. The van der Waals surface area contributed by atoms with Gasteiger partial charge in [0.2, 0.25) is 0 Å². The lowest BCUT2D eigenvalue weighted by Gasteiger charge is -2.16. The third kappa shape index (κ3) is 4.09. The first-order valence-corrected chi connectivity index (χ1v) is 10.6. The Morgan fingerprint density at radius 3 is 2.54 bits per heavy atom. The number of hydrogen-bond acceptors (Lipinski definition) is 3. The molecule has 2 aromatic carbocycles. The molecule has 0 amide bonds. The quantitative estimate of drug-likeness (QED) is 0.662. The molecule has 0 saturated heterocycles. The molecule has 0 aliphatic rings. The summed E-state index contributed by atoms with van der Waals surface area (Å²) < 4.78 is 37.5. The van der Waals surface area contributed by atoms with Crippen LogP contribution in [0.15, 0.2) is 42.6 Å². The molecule has 1 heterocycles. The van der Waals surface area contributed by atoms with Gasteiger partial charge in [-0.05, 0) is 47.4 Å². The molecule has 0 bridgehead atoms. The van der Waals surface area contributed by atoms with Crippen LogP contribution in [0.25, 0.3) is 10.9 Å². The monoisotopic (exact) mass is 395 g/mol. The number of benzene rings is 2. The van der Waals surface area contributed by atoms with Crippen LogP contribution < -0.4 is 0 Å². The summed E-state index contributed by atoms with van der Waals surface area (Å²) in [5.41, 5.74) is 2.75. The van der Waals surface area contributed by atoms with E-state index in [2.05, 4.69) is 4.98 Å². The lowest BCUT2D eigenvalue weighted by atomic mass is 9.88. The number of rotatable bonds is 6. The van der Waals surface area contributed by atoms with E-state index in [1.54, 1.807) is 18.3 Å². The highest BCUT2D eigenvalue weighted by atomic mass is 35.5. The third-order valence-electron chi connectivity index (χ3n) is 4.35. The molecule has 138 valence electrons. The normalized spacial score (nSPS) is 13.2. The second kappa shape index (κ2) is 7.39. The number of aliphatic hydroxyl groups excluding tert-OH is 1. The molecule has 0 aliphatic carbocycles. The summed E-state index contributed by atoms with van der Waals surface area (Å²) in [5, 5.41) is 10.7. The van der Waals surface area contributed by atoms with E-state index < -0.39 is 15.7 Å². The van der Waals surface area contributed by atoms with Gasteiger partial charge in [-0.3, -0.25) is 0 Å². The Bertz CT molecular complexity index is 1030. The van der Waals surface area contributed by atoms with E-state index in [0.717, 1.165) is 17.4 Å². The van der Waals surface area contributed by atoms with Crippen molar-refractivity contribution in [2.24, 2.45) is 0 Å². The summed E-state index contributed by atoms with van der Waals surface area (Å²) >= 11 is 5.95.